The Morgan fingerprint density at radius 2 is 2.00 bits per heavy atom. The fourth-order valence-electron chi connectivity index (χ4n) is 1.73. The fourth-order valence-corrected chi connectivity index (χ4v) is 1.73. The molecule has 2 rings (SSSR count). The van der Waals surface area contributed by atoms with Crippen LogP contribution in [0.3, 0.4) is 0 Å². The lowest BCUT2D eigenvalue weighted by atomic mass is 10.1. The Kier molecular flexibility index (Phi) is 2.43. The molecule has 0 radical (unpaired) electrons. The van der Waals surface area contributed by atoms with Gasteiger partial charge in [-0.2, -0.15) is 0 Å². The molecular weight excluding hydrogens is 188 g/mol. The number of benzene rings is 1. The number of rotatable bonds is 2. The van der Waals surface area contributed by atoms with Crippen molar-refractivity contribution in [2.45, 2.75) is 6.42 Å². The number of nitrogens with zero attached hydrogens (tertiary/aromatic N) is 1. The molecule has 0 fully saturated rings. The van der Waals surface area contributed by atoms with Gasteiger partial charge < -0.3 is 17.2 Å². The molecule has 78 valence electrons. The molecule has 6 N–H and O–H groups in total. The molecular formula is C11H14N4. The van der Waals surface area contributed by atoms with Gasteiger partial charge in [-0.05, 0) is 30.7 Å². The first-order valence-corrected chi connectivity index (χ1v) is 4.86. The predicted octanol–water partition coefficient (Wildman–Crippen LogP) is 0.900. The summed E-state index contributed by atoms with van der Waals surface area (Å²) < 4.78 is 0. The lowest BCUT2D eigenvalue weighted by Gasteiger charge is -2.08. The summed E-state index contributed by atoms with van der Waals surface area (Å²) in [5.41, 5.74) is 19.6. The first-order chi connectivity index (χ1) is 7.22. The average molecular weight is 202 g/mol. The van der Waals surface area contributed by atoms with E-state index in [0.717, 1.165) is 22.9 Å². The predicted molar refractivity (Wildman–Crippen MR) is 63.3 cm³/mol. The minimum Gasteiger partial charge on any atom is -0.397 e. The molecule has 0 aliphatic carbocycles. The maximum atomic E-state index is 5.84. The van der Waals surface area contributed by atoms with E-state index in [1.54, 1.807) is 0 Å². The van der Waals surface area contributed by atoms with Gasteiger partial charge in [-0.15, -0.1) is 0 Å². The first-order valence-electron chi connectivity index (χ1n) is 4.86. The molecule has 0 saturated heterocycles. The van der Waals surface area contributed by atoms with Crippen LogP contribution in [0.2, 0.25) is 0 Å². The molecule has 1 heterocycles. The molecule has 0 atom stereocenters. The van der Waals surface area contributed by atoms with Gasteiger partial charge in [0.25, 0.3) is 0 Å². The third kappa shape index (κ3) is 1.71. The van der Waals surface area contributed by atoms with Gasteiger partial charge in [0, 0.05) is 5.39 Å². The van der Waals surface area contributed by atoms with Crippen molar-refractivity contribution in [3.8, 4) is 0 Å². The highest BCUT2D eigenvalue weighted by Gasteiger charge is 2.05. The number of pyridine rings is 1. The monoisotopic (exact) mass is 202 g/mol. The van der Waals surface area contributed by atoms with Crippen LogP contribution >= 0.6 is 0 Å². The van der Waals surface area contributed by atoms with Crippen LogP contribution in [0.5, 0.6) is 0 Å². The zero-order valence-corrected chi connectivity index (χ0v) is 8.40. The van der Waals surface area contributed by atoms with Crippen molar-refractivity contribution in [3.05, 3.63) is 29.8 Å². The summed E-state index contributed by atoms with van der Waals surface area (Å²) in [6.07, 6.45) is 0.784. The Hall–Kier alpha value is -1.81. The molecule has 4 nitrogen and oxygen atoms in total. The van der Waals surface area contributed by atoms with E-state index < -0.39 is 0 Å². The summed E-state index contributed by atoms with van der Waals surface area (Å²) in [6, 6.07) is 7.58. The van der Waals surface area contributed by atoms with Gasteiger partial charge in [0.2, 0.25) is 0 Å². The van der Waals surface area contributed by atoms with Crippen molar-refractivity contribution in [2.24, 2.45) is 5.73 Å². The number of anilines is 2. The van der Waals surface area contributed by atoms with Gasteiger partial charge in [-0.3, -0.25) is 0 Å². The molecule has 0 spiro atoms. The van der Waals surface area contributed by atoms with Crippen LogP contribution in [0.25, 0.3) is 10.9 Å². The van der Waals surface area contributed by atoms with Crippen LogP contribution in [0.1, 0.15) is 5.56 Å². The smallest absolute Gasteiger partial charge is 0.124 e. The number of hydrogen-bond donors (Lipinski definition) is 3. The maximum Gasteiger partial charge on any atom is 0.124 e. The lowest BCUT2D eigenvalue weighted by molar-refractivity contribution is 0.976. The van der Waals surface area contributed by atoms with Crippen molar-refractivity contribution < 1.29 is 0 Å². The summed E-state index contributed by atoms with van der Waals surface area (Å²) in [5.74, 6) is 0.490. The fraction of sp³-hybridized carbons (Fsp3) is 0.182. The number of nitrogen functional groups attached to an aromatic ring is 2. The van der Waals surface area contributed by atoms with Crippen molar-refractivity contribution >= 4 is 22.4 Å². The van der Waals surface area contributed by atoms with Gasteiger partial charge >= 0.3 is 0 Å². The normalized spacial score (nSPS) is 10.7. The molecule has 15 heavy (non-hydrogen) atoms. The molecule has 0 aliphatic heterocycles. The van der Waals surface area contributed by atoms with Crippen LogP contribution in [-0.4, -0.2) is 11.5 Å². The van der Waals surface area contributed by atoms with E-state index in [9.17, 15) is 0 Å². The number of aromatic nitrogens is 1. The highest BCUT2D eigenvalue weighted by Crippen LogP contribution is 2.24. The largest absolute Gasteiger partial charge is 0.397 e. The van der Waals surface area contributed by atoms with Gasteiger partial charge in [-0.1, -0.05) is 12.1 Å². The Balaban J connectivity index is 2.74. The number of nitrogens with two attached hydrogens (primary N) is 3. The molecule has 4 heteroatoms. The highest BCUT2D eigenvalue weighted by molar-refractivity contribution is 5.92. The topological polar surface area (TPSA) is 91.0 Å². The Labute approximate surface area is 88.1 Å². The second kappa shape index (κ2) is 3.74. The number of para-hydroxylation sites is 1. The van der Waals surface area contributed by atoms with E-state index in [2.05, 4.69) is 4.98 Å². The molecule has 0 unspecified atom stereocenters. The third-order valence-electron chi connectivity index (χ3n) is 2.39. The number of hydrogen-bond acceptors (Lipinski definition) is 4. The SMILES string of the molecule is NCCc1cc(N)nc2c(N)cccc12. The van der Waals surface area contributed by atoms with E-state index >= 15 is 0 Å². The van der Waals surface area contributed by atoms with E-state index in [1.165, 1.54) is 0 Å². The zero-order chi connectivity index (χ0) is 10.8. The van der Waals surface area contributed by atoms with Crippen LogP contribution in [0, 0.1) is 0 Å². The summed E-state index contributed by atoms with van der Waals surface area (Å²) in [4.78, 5) is 4.23. The Bertz CT molecular complexity index is 493. The molecule has 1 aromatic heterocycles. The van der Waals surface area contributed by atoms with Crippen molar-refractivity contribution in [2.75, 3.05) is 18.0 Å². The summed E-state index contributed by atoms with van der Waals surface area (Å²) >= 11 is 0. The summed E-state index contributed by atoms with van der Waals surface area (Å²) in [7, 11) is 0. The molecule has 1 aromatic carbocycles. The lowest BCUT2D eigenvalue weighted by Crippen LogP contribution is -2.05. The minimum absolute atomic E-state index is 0.490. The van der Waals surface area contributed by atoms with Gasteiger partial charge in [0.15, 0.2) is 0 Å². The minimum atomic E-state index is 0.490. The van der Waals surface area contributed by atoms with Crippen LogP contribution in [0.15, 0.2) is 24.3 Å². The van der Waals surface area contributed by atoms with Crippen molar-refractivity contribution in [1.82, 2.24) is 4.98 Å². The zero-order valence-electron chi connectivity index (χ0n) is 8.40. The van der Waals surface area contributed by atoms with Crippen molar-refractivity contribution in [3.63, 3.8) is 0 Å². The van der Waals surface area contributed by atoms with Crippen LogP contribution in [-0.2, 0) is 6.42 Å². The second-order valence-corrected chi connectivity index (χ2v) is 3.49. The number of fused-ring (bicyclic) bond motifs is 1. The molecule has 0 aliphatic rings. The average Bonchev–Trinajstić information content (AvgIpc) is 2.20. The molecule has 0 bridgehead atoms. The Morgan fingerprint density at radius 3 is 2.73 bits per heavy atom. The quantitative estimate of drug-likeness (QED) is 0.631. The van der Waals surface area contributed by atoms with Gasteiger partial charge in [0.1, 0.15) is 5.82 Å². The third-order valence-corrected chi connectivity index (χ3v) is 2.39. The first kappa shape index (κ1) is 9.73. The van der Waals surface area contributed by atoms with Crippen molar-refractivity contribution in [1.29, 1.82) is 0 Å². The van der Waals surface area contributed by atoms with Crippen LogP contribution in [0.4, 0.5) is 11.5 Å². The molecule has 2 aromatic rings. The molecule has 0 amide bonds. The van der Waals surface area contributed by atoms with Crippen LogP contribution < -0.4 is 17.2 Å². The second-order valence-electron chi connectivity index (χ2n) is 3.49. The summed E-state index contributed by atoms with van der Waals surface area (Å²) in [5, 5.41) is 1.04. The molecule has 0 saturated carbocycles. The van der Waals surface area contributed by atoms with E-state index in [1.807, 2.05) is 24.3 Å². The van der Waals surface area contributed by atoms with Gasteiger partial charge in [0.05, 0.1) is 11.2 Å². The Morgan fingerprint density at radius 1 is 1.20 bits per heavy atom. The van der Waals surface area contributed by atoms with E-state index in [0.29, 0.717) is 18.1 Å². The van der Waals surface area contributed by atoms with E-state index in [4.69, 9.17) is 17.2 Å². The maximum absolute atomic E-state index is 5.84. The van der Waals surface area contributed by atoms with Gasteiger partial charge in [-0.25, -0.2) is 4.98 Å². The van der Waals surface area contributed by atoms with E-state index in [-0.39, 0.29) is 0 Å². The highest BCUT2D eigenvalue weighted by atomic mass is 14.8. The standard InChI is InChI=1S/C11H14N4/c12-5-4-7-6-10(14)15-11-8(7)2-1-3-9(11)13/h1-3,6H,4-5,12-13H2,(H2,14,15). The summed E-state index contributed by atoms with van der Waals surface area (Å²) in [6.45, 7) is 0.591.